The molecule has 2 rings (SSSR count). The topological polar surface area (TPSA) is 45.8 Å². The van der Waals surface area contributed by atoms with Gasteiger partial charge in [0.15, 0.2) is 0 Å². The van der Waals surface area contributed by atoms with Gasteiger partial charge in [-0.05, 0) is 18.2 Å². The molecule has 0 radical (unpaired) electrons. The van der Waals surface area contributed by atoms with Gasteiger partial charge in [-0.3, -0.25) is 4.79 Å². The maximum atomic E-state index is 10.9. The molecule has 15 heavy (non-hydrogen) atoms. The molecule has 3 nitrogen and oxygen atoms in total. The van der Waals surface area contributed by atoms with Gasteiger partial charge < -0.3 is 4.98 Å². The van der Waals surface area contributed by atoms with Crippen molar-refractivity contribution in [2.45, 2.75) is 13.8 Å². The number of fused-ring (bicyclic) bond motifs is 1. The van der Waals surface area contributed by atoms with E-state index in [9.17, 15) is 4.79 Å². The fraction of sp³-hybridized carbons (Fsp3) is 0.167. The van der Waals surface area contributed by atoms with Gasteiger partial charge in [-0.2, -0.15) is 0 Å². The van der Waals surface area contributed by atoms with Crippen LogP contribution >= 0.6 is 0 Å². The SMILES string of the molecule is C#Cc1ccc2ncc(=O)[nH]c2c1.CC. The van der Waals surface area contributed by atoms with E-state index in [4.69, 9.17) is 6.42 Å². The second kappa shape index (κ2) is 4.97. The van der Waals surface area contributed by atoms with Gasteiger partial charge in [0.1, 0.15) is 0 Å². The van der Waals surface area contributed by atoms with Crippen LogP contribution in [0.2, 0.25) is 0 Å². The largest absolute Gasteiger partial charge is 0.319 e. The lowest BCUT2D eigenvalue weighted by Gasteiger charge is -1.95. The third-order valence-electron chi connectivity index (χ3n) is 1.74. The quantitative estimate of drug-likeness (QED) is 0.660. The average molecular weight is 200 g/mol. The Balaban J connectivity index is 0.000000531. The zero-order valence-electron chi connectivity index (χ0n) is 8.74. The second-order valence-electron chi connectivity index (χ2n) is 2.62. The van der Waals surface area contributed by atoms with E-state index in [-0.39, 0.29) is 5.56 Å². The number of aromatic amines is 1. The molecule has 1 aromatic carbocycles. The normalized spacial score (nSPS) is 8.87. The molecule has 3 heteroatoms. The third-order valence-corrected chi connectivity index (χ3v) is 1.74. The maximum absolute atomic E-state index is 10.9. The van der Waals surface area contributed by atoms with Crippen molar-refractivity contribution in [3.63, 3.8) is 0 Å². The van der Waals surface area contributed by atoms with Gasteiger partial charge in [0, 0.05) is 5.56 Å². The van der Waals surface area contributed by atoms with Crippen LogP contribution in [0.4, 0.5) is 0 Å². The van der Waals surface area contributed by atoms with E-state index in [1.54, 1.807) is 18.2 Å². The minimum atomic E-state index is -0.221. The van der Waals surface area contributed by atoms with Crippen molar-refractivity contribution in [3.8, 4) is 12.3 Å². The van der Waals surface area contributed by atoms with E-state index in [1.807, 2.05) is 13.8 Å². The number of H-pyrrole nitrogens is 1. The molecule has 0 fully saturated rings. The van der Waals surface area contributed by atoms with Gasteiger partial charge in [-0.1, -0.05) is 19.8 Å². The van der Waals surface area contributed by atoms with Crippen molar-refractivity contribution in [2.24, 2.45) is 0 Å². The molecule has 0 bridgehead atoms. The molecule has 1 heterocycles. The molecule has 0 saturated heterocycles. The summed E-state index contributed by atoms with van der Waals surface area (Å²) in [6, 6.07) is 5.29. The molecule has 0 saturated carbocycles. The number of terminal acetylenes is 1. The number of hydrogen-bond donors (Lipinski definition) is 1. The summed E-state index contributed by atoms with van der Waals surface area (Å²) in [4.78, 5) is 17.5. The Morgan fingerprint density at radius 3 is 2.80 bits per heavy atom. The molecule has 0 aliphatic carbocycles. The minimum Gasteiger partial charge on any atom is -0.319 e. The standard InChI is InChI=1S/C10H6N2O.C2H6/c1-2-7-3-4-8-9(5-7)12-10(13)6-11-8;1-2/h1,3-6H,(H,12,13);1-2H3. The highest BCUT2D eigenvalue weighted by molar-refractivity contribution is 5.75. The first-order valence-corrected chi connectivity index (χ1v) is 4.75. The maximum Gasteiger partial charge on any atom is 0.266 e. The highest BCUT2D eigenvalue weighted by Crippen LogP contribution is 2.08. The van der Waals surface area contributed by atoms with Gasteiger partial charge in [0.25, 0.3) is 5.56 Å². The van der Waals surface area contributed by atoms with Crippen LogP contribution in [0.5, 0.6) is 0 Å². The smallest absolute Gasteiger partial charge is 0.266 e. The molecular formula is C12H12N2O. The lowest BCUT2D eigenvalue weighted by Crippen LogP contribution is -2.04. The van der Waals surface area contributed by atoms with Gasteiger partial charge in [-0.15, -0.1) is 6.42 Å². The Hall–Kier alpha value is -2.08. The van der Waals surface area contributed by atoms with Gasteiger partial charge in [-0.25, -0.2) is 4.98 Å². The van der Waals surface area contributed by atoms with Crippen LogP contribution in [-0.2, 0) is 0 Å². The van der Waals surface area contributed by atoms with Crippen molar-refractivity contribution in [2.75, 3.05) is 0 Å². The van der Waals surface area contributed by atoms with E-state index < -0.39 is 0 Å². The molecule has 0 amide bonds. The first kappa shape index (κ1) is 11.0. The summed E-state index contributed by atoms with van der Waals surface area (Å²) >= 11 is 0. The second-order valence-corrected chi connectivity index (χ2v) is 2.62. The van der Waals surface area contributed by atoms with Crippen LogP contribution in [0.25, 0.3) is 11.0 Å². The van der Waals surface area contributed by atoms with E-state index in [1.165, 1.54) is 6.20 Å². The van der Waals surface area contributed by atoms with E-state index >= 15 is 0 Å². The van der Waals surface area contributed by atoms with Crippen molar-refractivity contribution >= 4 is 11.0 Å². The number of aromatic nitrogens is 2. The zero-order chi connectivity index (χ0) is 11.3. The Labute approximate surface area is 88.2 Å². The summed E-state index contributed by atoms with van der Waals surface area (Å²) in [5, 5.41) is 0. The highest BCUT2D eigenvalue weighted by atomic mass is 16.1. The lowest BCUT2D eigenvalue weighted by molar-refractivity contribution is 1.22. The first-order chi connectivity index (χ1) is 7.29. The van der Waals surface area contributed by atoms with Crippen LogP contribution in [0.3, 0.4) is 0 Å². The van der Waals surface area contributed by atoms with E-state index in [0.29, 0.717) is 5.52 Å². The Bertz CT molecular complexity index is 549. The van der Waals surface area contributed by atoms with Crippen LogP contribution in [-0.4, -0.2) is 9.97 Å². The number of hydrogen-bond acceptors (Lipinski definition) is 2. The summed E-state index contributed by atoms with van der Waals surface area (Å²) < 4.78 is 0. The Morgan fingerprint density at radius 1 is 1.40 bits per heavy atom. The predicted molar refractivity (Wildman–Crippen MR) is 61.6 cm³/mol. The third kappa shape index (κ3) is 2.44. The molecule has 1 aromatic heterocycles. The zero-order valence-corrected chi connectivity index (χ0v) is 8.74. The van der Waals surface area contributed by atoms with Gasteiger partial charge >= 0.3 is 0 Å². The summed E-state index contributed by atoms with van der Waals surface area (Å²) in [5.74, 6) is 2.49. The van der Waals surface area contributed by atoms with Crippen molar-refractivity contribution in [3.05, 3.63) is 40.3 Å². The van der Waals surface area contributed by atoms with Crippen LogP contribution in [0, 0.1) is 12.3 Å². The Kier molecular flexibility index (Phi) is 3.64. The number of benzene rings is 1. The molecular weight excluding hydrogens is 188 g/mol. The average Bonchev–Trinajstić information content (AvgIpc) is 2.30. The summed E-state index contributed by atoms with van der Waals surface area (Å²) in [7, 11) is 0. The predicted octanol–water partition coefficient (Wildman–Crippen LogP) is 1.93. The number of nitrogens with one attached hydrogen (secondary N) is 1. The molecule has 1 N–H and O–H groups in total. The van der Waals surface area contributed by atoms with Crippen molar-refractivity contribution in [1.82, 2.24) is 9.97 Å². The molecule has 0 atom stereocenters. The van der Waals surface area contributed by atoms with Crippen LogP contribution in [0.1, 0.15) is 19.4 Å². The molecule has 0 aliphatic heterocycles. The van der Waals surface area contributed by atoms with Gasteiger partial charge in [0.2, 0.25) is 0 Å². The Morgan fingerprint density at radius 2 is 2.13 bits per heavy atom. The molecule has 0 unspecified atom stereocenters. The van der Waals surface area contributed by atoms with Gasteiger partial charge in [0.05, 0.1) is 17.2 Å². The van der Waals surface area contributed by atoms with E-state index in [2.05, 4.69) is 15.9 Å². The molecule has 76 valence electrons. The van der Waals surface area contributed by atoms with E-state index in [0.717, 1.165) is 11.1 Å². The highest BCUT2D eigenvalue weighted by Gasteiger charge is 1.95. The first-order valence-electron chi connectivity index (χ1n) is 4.75. The monoisotopic (exact) mass is 200 g/mol. The van der Waals surface area contributed by atoms with Crippen molar-refractivity contribution in [1.29, 1.82) is 0 Å². The molecule has 0 spiro atoms. The summed E-state index contributed by atoms with van der Waals surface area (Å²) in [6.45, 7) is 4.00. The summed E-state index contributed by atoms with van der Waals surface area (Å²) in [6.07, 6.45) is 6.46. The lowest BCUT2D eigenvalue weighted by atomic mass is 10.2. The number of rotatable bonds is 0. The number of nitrogens with zero attached hydrogens (tertiary/aromatic N) is 1. The molecule has 2 aromatic rings. The van der Waals surface area contributed by atoms with Crippen LogP contribution < -0.4 is 5.56 Å². The fourth-order valence-corrected chi connectivity index (χ4v) is 1.13. The minimum absolute atomic E-state index is 0.221. The van der Waals surface area contributed by atoms with Crippen LogP contribution in [0.15, 0.2) is 29.2 Å². The fourth-order valence-electron chi connectivity index (χ4n) is 1.13. The summed E-state index contributed by atoms with van der Waals surface area (Å²) in [5.41, 5.74) is 1.92. The molecule has 0 aliphatic rings. The van der Waals surface area contributed by atoms with Crippen molar-refractivity contribution < 1.29 is 0 Å².